The summed E-state index contributed by atoms with van der Waals surface area (Å²) in [5.41, 5.74) is 5.64. The van der Waals surface area contributed by atoms with Crippen LogP contribution in [0.1, 0.15) is 23.1 Å². The highest BCUT2D eigenvalue weighted by molar-refractivity contribution is 5.67. The van der Waals surface area contributed by atoms with Crippen molar-refractivity contribution in [3.05, 3.63) is 47.2 Å². The zero-order valence-corrected chi connectivity index (χ0v) is 11.5. The maximum Gasteiger partial charge on any atom is 0.416 e. The number of hydrogen-bond donors (Lipinski definition) is 2. The van der Waals surface area contributed by atoms with Crippen LogP contribution in [-0.2, 0) is 23.9 Å². The van der Waals surface area contributed by atoms with E-state index in [9.17, 15) is 18.0 Å². The van der Waals surface area contributed by atoms with Crippen molar-refractivity contribution in [1.29, 1.82) is 0 Å². The first kappa shape index (κ1) is 15.9. The minimum atomic E-state index is -4.45. The van der Waals surface area contributed by atoms with Gasteiger partial charge in [0.05, 0.1) is 18.3 Å². The SMILES string of the molecule is Nc1c(CCC(=O)O)cnn1Cc1ccccc1C(F)(F)F. The molecule has 0 aliphatic rings. The van der Waals surface area contributed by atoms with E-state index in [1.165, 1.54) is 29.1 Å². The molecule has 0 spiro atoms. The van der Waals surface area contributed by atoms with Gasteiger partial charge in [-0.3, -0.25) is 4.79 Å². The normalized spacial score (nSPS) is 11.6. The zero-order valence-electron chi connectivity index (χ0n) is 11.5. The molecule has 0 atom stereocenters. The van der Waals surface area contributed by atoms with Crippen molar-refractivity contribution >= 4 is 11.8 Å². The van der Waals surface area contributed by atoms with Crippen LogP contribution in [0.2, 0.25) is 0 Å². The van der Waals surface area contributed by atoms with Crippen LogP contribution >= 0.6 is 0 Å². The number of hydrogen-bond acceptors (Lipinski definition) is 3. The molecular weight excluding hydrogens is 299 g/mol. The Morgan fingerprint density at radius 1 is 1.27 bits per heavy atom. The van der Waals surface area contributed by atoms with Crippen LogP contribution < -0.4 is 5.73 Å². The minimum Gasteiger partial charge on any atom is -0.481 e. The van der Waals surface area contributed by atoms with Gasteiger partial charge >= 0.3 is 12.1 Å². The van der Waals surface area contributed by atoms with Crippen LogP contribution in [0.3, 0.4) is 0 Å². The molecule has 2 rings (SSSR count). The number of aromatic nitrogens is 2. The van der Waals surface area contributed by atoms with E-state index in [0.717, 1.165) is 6.07 Å². The number of alkyl halides is 3. The first-order valence-corrected chi connectivity index (χ1v) is 6.46. The van der Waals surface area contributed by atoms with Crippen LogP contribution in [0.4, 0.5) is 19.0 Å². The van der Waals surface area contributed by atoms with Crippen LogP contribution in [0.15, 0.2) is 30.5 Å². The third kappa shape index (κ3) is 3.57. The summed E-state index contributed by atoms with van der Waals surface area (Å²) in [5.74, 6) is -0.798. The maximum atomic E-state index is 12.9. The second-order valence-corrected chi connectivity index (χ2v) is 4.76. The summed E-state index contributed by atoms with van der Waals surface area (Å²) in [6.45, 7) is -0.130. The van der Waals surface area contributed by atoms with Gasteiger partial charge in [0.25, 0.3) is 0 Å². The summed E-state index contributed by atoms with van der Waals surface area (Å²) in [6.07, 6.45) is -3.00. The van der Waals surface area contributed by atoms with Gasteiger partial charge in [-0.2, -0.15) is 18.3 Å². The van der Waals surface area contributed by atoms with Gasteiger partial charge in [0.1, 0.15) is 5.82 Å². The second-order valence-electron chi connectivity index (χ2n) is 4.76. The van der Waals surface area contributed by atoms with E-state index in [1.54, 1.807) is 0 Å². The fourth-order valence-corrected chi connectivity index (χ4v) is 2.09. The quantitative estimate of drug-likeness (QED) is 0.889. The molecule has 0 unspecified atom stereocenters. The van der Waals surface area contributed by atoms with Gasteiger partial charge in [-0.05, 0) is 18.1 Å². The van der Waals surface area contributed by atoms with E-state index in [-0.39, 0.29) is 30.8 Å². The number of aryl methyl sites for hydroxylation is 1. The summed E-state index contributed by atoms with van der Waals surface area (Å²) < 4.78 is 40.1. The Balaban J connectivity index is 2.24. The molecule has 3 N–H and O–H groups in total. The number of rotatable bonds is 5. The first-order valence-electron chi connectivity index (χ1n) is 6.46. The summed E-state index contributed by atoms with van der Waals surface area (Å²) in [6, 6.07) is 5.19. The molecule has 0 aliphatic heterocycles. The van der Waals surface area contributed by atoms with Crippen molar-refractivity contribution in [1.82, 2.24) is 9.78 Å². The van der Waals surface area contributed by atoms with E-state index < -0.39 is 17.7 Å². The molecule has 1 aromatic heterocycles. The number of carbonyl (C=O) groups is 1. The molecule has 0 bridgehead atoms. The van der Waals surface area contributed by atoms with Gasteiger partial charge in [0, 0.05) is 12.0 Å². The number of aliphatic carboxylic acids is 1. The van der Waals surface area contributed by atoms with E-state index in [4.69, 9.17) is 10.8 Å². The fourth-order valence-electron chi connectivity index (χ4n) is 2.09. The van der Waals surface area contributed by atoms with Crippen molar-refractivity contribution in [3.8, 4) is 0 Å². The monoisotopic (exact) mass is 313 g/mol. The molecule has 0 aliphatic carbocycles. The van der Waals surface area contributed by atoms with Gasteiger partial charge in [0.2, 0.25) is 0 Å². The van der Waals surface area contributed by atoms with Crippen LogP contribution in [0.25, 0.3) is 0 Å². The molecule has 2 aromatic rings. The number of benzene rings is 1. The number of carboxylic acid groups (broad SMARTS) is 1. The average Bonchev–Trinajstić information content (AvgIpc) is 2.77. The molecule has 8 heteroatoms. The molecule has 118 valence electrons. The molecule has 0 saturated carbocycles. The second kappa shape index (κ2) is 6.08. The van der Waals surface area contributed by atoms with Crippen LogP contribution in [-0.4, -0.2) is 20.9 Å². The van der Waals surface area contributed by atoms with Gasteiger partial charge in [-0.25, -0.2) is 4.68 Å². The lowest BCUT2D eigenvalue weighted by Gasteiger charge is -2.13. The first-order chi connectivity index (χ1) is 10.3. The Labute approximate surface area is 124 Å². The molecule has 22 heavy (non-hydrogen) atoms. The predicted molar refractivity (Wildman–Crippen MR) is 73.1 cm³/mol. The Morgan fingerprint density at radius 2 is 1.95 bits per heavy atom. The maximum absolute atomic E-state index is 12.9. The molecule has 0 fully saturated rings. The lowest BCUT2D eigenvalue weighted by Crippen LogP contribution is -2.13. The van der Waals surface area contributed by atoms with E-state index >= 15 is 0 Å². The van der Waals surface area contributed by atoms with Crippen molar-refractivity contribution < 1.29 is 23.1 Å². The summed E-state index contributed by atoms with van der Waals surface area (Å²) >= 11 is 0. The summed E-state index contributed by atoms with van der Waals surface area (Å²) in [4.78, 5) is 10.5. The molecule has 0 radical (unpaired) electrons. The Bertz CT molecular complexity index is 680. The minimum absolute atomic E-state index is 0.0505. The van der Waals surface area contributed by atoms with E-state index in [2.05, 4.69) is 5.10 Å². The fraction of sp³-hybridized carbons (Fsp3) is 0.286. The Kier molecular flexibility index (Phi) is 4.39. The largest absolute Gasteiger partial charge is 0.481 e. The third-order valence-corrected chi connectivity index (χ3v) is 3.21. The summed E-state index contributed by atoms with van der Waals surface area (Å²) in [5, 5.41) is 12.6. The molecular formula is C14H14F3N3O2. The highest BCUT2D eigenvalue weighted by Crippen LogP contribution is 2.32. The molecule has 0 amide bonds. The standard InChI is InChI=1S/C14H14F3N3O2/c15-14(16,17)11-4-2-1-3-10(11)8-20-13(18)9(7-19-20)5-6-12(21)22/h1-4,7H,5-6,8,18H2,(H,21,22). The van der Waals surface area contributed by atoms with Crippen molar-refractivity contribution in [2.75, 3.05) is 5.73 Å². The number of carboxylic acids is 1. The van der Waals surface area contributed by atoms with Gasteiger partial charge < -0.3 is 10.8 Å². The molecule has 1 heterocycles. The third-order valence-electron chi connectivity index (χ3n) is 3.21. The van der Waals surface area contributed by atoms with Gasteiger partial charge in [-0.15, -0.1) is 0 Å². The van der Waals surface area contributed by atoms with Crippen LogP contribution in [0.5, 0.6) is 0 Å². The topological polar surface area (TPSA) is 81.1 Å². The van der Waals surface area contributed by atoms with Gasteiger partial charge in [0.15, 0.2) is 0 Å². The van der Waals surface area contributed by atoms with E-state index in [1.807, 2.05) is 0 Å². The zero-order chi connectivity index (χ0) is 16.3. The summed E-state index contributed by atoms with van der Waals surface area (Å²) in [7, 11) is 0. The van der Waals surface area contributed by atoms with Crippen molar-refractivity contribution in [2.45, 2.75) is 25.6 Å². The average molecular weight is 313 g/mol. The molecule has 5 nitrogen and oxygen atoms in total. The molecule has 1 aromatic carbocycles. The smallest absolute Gasteiger partial charge is 0.416 e. The number of halogens is 3. The highest BCUT2D eigenvalue weighted by Gasteiger charge is 2.33. The molecule has 0 saturated heterocycles. The lowest BCUT2D eigenvalue weighted by atomic mass is 10.1. The van der Waals surface area contributed by atoms with Crippen LogP contribution in [0, 0.1) is 0 Å². The number of nitrogen functional groups attached to an aromatic ring is 1. The van der Waals surface area contributed by atoms with Crippen molar-refractivity contribution in [2.24, 2.45) is 0 Å². The lowest BCUT2D eigenvalue weighted by molar-refractivity contribution is -0.138. The predicted octanol–water partition coefficient (Wildman–Crippen LogP) is 2.55. The number of nitrogens with zero attached hydrogens (tertiary/aromatic N) is 2. The van der Waals surface area contributed by atoms with Crippen molar-refractivity contribution in [3.63, 3.8) is 0 Å². The van der Waals surface area contributed by atoms with Gasteiger partial charge in [-0.1, -0.05) is 18.2 Å². The Morgan fingerprint density at radius 3 is 2.59 bits per heavy atom. The Hall–Kier alpha value is -2.51. The van der Waals surface area contributed by atoms with E-state index in [0.29, 0.717) is 5.56 Å². The number of nitrogens with two attached hydrogens (primary N) is 1. The number of anilines is 1. The highest BCUT2D eigenvalue weighted by atomic mass is 19.4.